The van der Waals surface area contributed by atoms with Gasteiger partial charge in [0.15, 0.2) is 0 Å². The molecule has 0 amide bonds. The first-order chi connectivity index (χ1) is 11.3. The van der Waals surface area contributed by atoms with Crippen LogP contribution in [0.5, 0.6) is 0 Å². The Bertz CT molecular complexity index is 340. The fraction of sp³-hybridized carbons (Fsp3) is 0.667. The van der Waals surface area contributed by atoms with E-state index >= 15 is 0 Å². The van der Waals surface area contributed by atoms with Gasteiger partial charge in [-0.05, 0) is 38.5 Å². The van der Waals surface area contributed by atoms with Crippen molar-refractivity contribution in [1.82, 2.24) is 0 Å². The van der Waals surface area contributed by atoms with Crippen molar-refractivity contribution in [3.05, 3.63) is 36.5 Å². The fourth-order valence-electron chi connectivity index (χ4n) is 2.34. The highest BCUT2D eigenvalue weighted by atomic mass is 16.5. The van der Waals surface area contributed by atoms with Gasteiger partial charge in [-0.2, -0.15) is 0 Å². The normalized spacial score (nSPS) is 11.9. The van der Waals surface area contributed by atoms with Gasteiger partial charge < -0.3 is 4.74 Å². The Kier molecular flexibility index (Phi) is 17.7. The molecule has 0 aromatic carbocycles. The van der Waals surface area contributed by atoms with Crippen molar-refractivity contribution in [2.75, 3.05) is 7.11 Å². The summed E-state index contributed by atoms with van der Waals surface area (Å²) >= 11 is 0. The van der Waals surface area contributed by atoms with Crippen molar-refractivity contribution in [1.29, 1.82) is 0 Å². The average molecular weight is 321 g/mol. The molecule has 132 valence electrons. The summed E-state index contributed by atoms with van der Waals surface area (Å²) in [5.74, 6) is -0.0796. The maximum absolute atomic E-state index is 10.9. The van der Waals surface area contributed by atoms with Crippen LogP contribution in [0.25, 0.3) is 0 Å². The van der Waals surface area contributed by atoms with E-state index in [9.17, 15) is 4.79 Å². The van der Waals surface area contributed by atoms with Crippen LogP contribution < -0.4 is 0 Å². The number of hydrogen-bond acceptors (Lipinski definition) is 2. The van der Waals surface area contributed by atoms with Gasteiger partial charge in [0.25, 0.3) is 0 Å². The quantitative estimate of drug-likeness (QED) is 0.195. The Hall–Kier alpha value is -1.31. The molecular formula is C21H36O2. The van der Waals surface area contributed by atoms with Gasteiger partial charge in [0.05, 0.1) is 7.11 Å². The Morgan fingerprint density at radius 1 is 0.739 bits per heavy atom. The van der Waals surface area contributed by atoms with Gasteiger partial charge in [-0.3, -0.25) is 4.79 Å². The number of allylic oxidation sites excluding steroid dienone is 6. The number of rotatable bonds is 15. The van der Waals surface area contributed by atoms with Crippen LogP contribution in [0.15, 0.2) is 36.5 Å². The third-order valence-corrected chi connectivity index (χ3v) is 3.76. The molecule has 0 aliphatic heterocycles. The number of carbonyl (C=O) groups excluding carboxylic acids is 1. The molecule has 0 spiro atoms. The summed E-state index contributed by atoms with van der Waals surface area (Å²) in [5.41, 5.74) is 0. The van der Waals surface area contributed by atoms with Gasteiger partial charge in [0.1, 0.15) is 0 Å². The molecule has 0 aromatic heterocycles. The van der Waals surface area contributed by atoms with E-state index in [4.69, 9.17) is 0 Å². The molecule has 0 fully saturated rings. The second-order valence-electron chi connectivity index (χ2n) is 5.88. The van der Waals surface area contributed by atoms with E-state index in [1.54, 1.807) is 0 Å². The lowest BCUT2D eigenvalue weighted by molar-refractivity contribution is -0.140. The molecule has 0 radical (unpaired) electrons. The first-order valence-electron chi connectivity index (χ1n) is 9.33. The highest BCUT2D eigenvalue weighted by Gasteiger charge is 1.98. The number of carbonyl (C=O) groups is 1. The van der Waals surface area contributed by atoms with Gasteiger partial charge in [0.2, 0.25) is 0 Å². The molecule has 0 N–H and O–H groups in total. The molecule has 0 heterocycles. The molecule has 0 bridgehead atoms. The van der Waals surface area contributed by atoms with Crippen molar-refractivity contribution in [2.24, 2.45) is 0 Å². The molecule has 0 atom stereocenters. The summed E-state index contributed by atoms with van der Waals surface area (Å²) in [6, 6.07) is 0. The van der Waals surface area contributed by atoms with Gasteiger partial charge in [0, 0.05) is 6.42 Å². The maximum Gasteiger partial charge on any atom is 0.305 e. The lowest BCUT2D eigenvalue weighted by atomic mass is 10.1. The highest BCUT2D eigenvalue weighted by Crippen LogP contribution is 2.10. The van der Waals surface area contributed by atoms with Crippen LogP contribution in [-0.4, -0.2) is 13.1 Å². The number of esters is 1. The van der Waals surface area contributed by atoms with E-state index in [0.29, 0.717) is 6.42 Å². The van der Waals surface area contributed by atoms with Gasteiger partial charge in [-0.25, -0.2) is 0 Å². The van der Waals surface area contributed by atoms with Crippen molar-refractivity contribution >= 4 is 5.97 Å². The van der Waals surface area contributed by atoms with Gasteiger partial charge in [-0.15, -0.1) is 0 Å². The molecule has 2 nitrogen and oxygen atoms in total. The maximum atomic E-state index is 10.9. The van der Waals surface area contributed by atoms with E-state index in [0.717, 1.165) is 32.1 Å². The van der Waals surface area contributed by atoms with Crippen LogP contribution in [0.4, 0.5) is 0 Å². The molecule has 0 saturated heterocycles. The minimum absolute atomic E-state index is 0.0796. The number of ether oxygens (including phenoxy) is 1. The number of hydrogen-bond donors (Lipinski definition) is 0. The third kappa shape index (κ3) is 18.6. The minimum Gasteiger partial charge on any atom is -0.469 e. The lowest BCUT2D eigenvalue weighted by Crippen LogP contribution is -1.99. The van der Waals surface area contributed by atoms with Crippen LogP contribution in [0.3, 0.4) is 0 Å². The van der Waals surface area contributed by atoms with Crippen LogP contribution in [0.2, 0.25) is 0 Å². The number of methoxy groups -OCH3 is 1. The monoisotopic (exact) mass is 320 g/mol. The lowest BCUT2D eigenvalue weighted by Gasteiger charge is -2.01. The molecule has 0 aromatic rings. The summed E-state index contributed by atoms with van der Waals surface area (Å²) in [6.45, 7) is 2.16. The topological polar surface area (TPSA) is 26.3 Å². The zero-order valence-electron chi connectivity index (χ0n) is 15.3. The molecule has 0 aliphatic rings. The minimum atomic E-state index is -0.0796. The van der Waals surface area contributed by atoms with Crippen LogP contribution in [0.1, 0.15) is 84.0 Å². The fourth-order valence-corrected chi connectivity index (χ4v) is 2.34. The molecule has 0 aliphatic carbocycles. The largest absolute Gasteiger partial charge is 0.469 e. The molecular weight excluding hydrogens is 284 g/mol. The smallest absolute Gasteiger partial charge is 0.305 e. The average Bonchev–Trinajstić information content (AvgIpc) is 2.57. The zero-order valence-corrected chi connectivity index (χ0v) is 15.3. The van der Waals surface area contributed by atoms with Crippen molar-refractivity contribution < 1.29 is 9.53 Å². The first-order valence-corrected chi connectivity index (χ1v) is 9.33. The second kappa shape index (κ2) is 18.7. The van der Waals surface area contributed by atoms with E-state index < -0.39 is 0 Å². The van der Waals surface area contributed by atoms with Crippen molar-refractivity contribution in [3.8, 4) is 0 Å². The van der Waals surface area contributed by atoms with Gasteiger partial charge >= 0.3 is 5.97 Å². The van der Waals surface area contributed by atoms with E-state index in [1.165, 1.54) is 45.6 Å². The van der Waals surface area contributed by atoms with E-state index in [1.807, 2.05) is 0 Å². The Morgan fingerprint density at radius 2 is 1.26 bits per heavy atom. The summed E-state index contributed by atoms with van der Waals surface area (Å²) in [6.07, 6.45) is 27.1. The molecule has 0 unspecified atom stereocenters. The van der Waals surface area contributed by atoms with Crippen LogP contribution in [0, 0.1) is 0 Å². The summed E-state index contributed by atoms with van der Waals surface area (Å²) in [7, 11) is 1.46. The van der Waals surface area contributed by atoms with E-state index in [2.05, 4.69) is 48.1 Å². The van der Waals surface area contributed by atoms with Crippen molar-refractivity contribution in [2.45, 2.75) is 84.0 Å². The standard InChI is InChI=1S/C21H36O2/c1-3-4-5-6-7-8-9-10-11-12-13-14-15-16-17-18-19-20-21(22)23-2/h4-5,7-8,10-11H,3,6,9,12-20H2,1-2H3/b5-4-,8-7-,11-10-. The van der Waals surface area contributed by atoms with Crippen LogP contribution >= 0.6 is 0 Å². The van der Waals surface area contributed by atoms with Crippen LogP contribution in [-0.2, 0) is 9.53 Å². The third-order valence-electron chi connectivity index (χ3n) is 3.76. The Morgan fingerprint density at radius 3 is 1.87 bits per heavy atom. The molecule has 2 heteroatoms. The first kappa shape index (κ1) is 21.7. The number of unbranched alkanes of at least 4 members (excludes halogenated alkanes) is 7. The highest BCUT2D eigenvalue weighted by molar-refractivity contribution is 5.68. The predicted octanol–water partition coefficient (Wildman–Crippen LogP) is 6.53. The predicted molar refractivity (Wildman–Crippen MR) is 101 cm³/mol. The summed E-state index contributed by atoms with van der Waals surface area (Å²) in [5, 5.41) is 0. The summed E-state index contributed by atoms with van der Waals surface area (Å²) < 4.78 is 4.63. The van der Waals surface area contributed by atoms with Crippen molar-refractivity contribution in [3.63, 3.8) is 0 Å². The summed E-state index contributed by atoms with van der Waals surface area (Å²) in [4.78, 5) is 10.9. The Balaban J connectivity index is 3.22. The molecule has 0 saturated carbocycles. The Labute approximate surface area is 143 Å². The van der Waals surface area contributed by atoms with Gasteiger partial charge in [-0.1, -0.05) is 75.5 Å². The zero-order chi connectivity index (χ0) is 17.0. The second-order valence-corrected chi connectivity index (χ2v) is 5.88. The van der Waals surface area contributed by atoms with E-state index in [-0.39, 0.29) is 5.97 Å². The molecule has 23 heavy (non-hydrogen) atoms. The SMILES string of the molecule is CC/C=C\C/C=C\C/C=C\CCCCCCCCCC(=O)OC. The molecule has 0 rings (SSSR count).